The van der Waals surface area contributed by atoms with Gasteiger partial charge >= 0.3 is 0 Å². The quantitative estimate of drug-likeness (QED) is 0.162. The zero-order valence-corrected chi connectivity index (χ0v) is 9.77. The lowest BCUT2D eigenvalue weighted by atomic mass is 9.96. The van der Waals surface area contributed by atoms with E-state index >= 15 is 0 Å². The number of rotatable bonds is 1. The summed E-state index contributed by atoms with van der Waals surface area (Å²) >= 11 is 0. The first-order valence-electron chi connectivity index (χ1n) is 4.74. The van der Waals surface area contributed by atoms with Crippen LogP contribution < -0.4 is 5.73 Å². The maximum atomic E-state index is 12.0. The smallest absolute Gasteiger partial charge is 0.254 e. The third kappa shape index (κ3) is 1.36. The van der Waals surface area contributed by atoms with Gasteiger partial charge in [-0.1, -0.05) is 5.16 Å². The maximum Gasteiger partial charge on any atom is 0.254 e. The molecule has 1 aliphatic heterocycles. The highest BCUT2D eigenvalue weighted by molar-refractivity contribution is 6.42. The first kappa shape index (κ1) is 11.8. The molecule has 1 heterocycles. The molecule has 0 unspecified atom stereocenters. The summed E-state index contributed by atoms with van der Waals surface area (Å²) in [7, 11) is 1.84. The van der Waals surface area contributed by atoms with E-state index in [9.17, 15) is 5.21 Å². The van der Waals surface area contributed by atoms with Crippen molar-refractivity contribution in [2.45, 2.75) is 38.9 Å². The van der Waals surface area contributed by atoms with Crippen LogP contribution in [0.1, 0.15) is 27.7 Å². The van der Waals surface area contributed by atoms with Gasteiger partial charge in [-0.05, 0) is 20.9 Å². The van der Waals surface area contributed by atoms with Crippen LogP contribution in [0.25, 0.3) is 0 Å². The van der Waals surface area contributed by atoms with Crippen LogP contribution in [0.15, 0.2) is 5.16 Å². The molecule has 0 atom stereocenters. The normalized spacial score (nSPS) is 26.1. The van der Waals surface area contributed by atoms with Gasteiger partial charge in [-0.2, -0.15) is 4.74 Å². The molecule has 15 heavy (non-hydrogen) atoms. The highest BCUT2D eigenvalue weighted by Crippen LogP contribution is 2.32. The summed E-state index contributed by atoms with van der Waals surface area (Å²) in [4.78, 5) is 1.89. The average Bonchev–Trinajstić information content (AvgIpc) is 2.25. The van der Waals surface area contributed by atoms with Gasteiger partial charge < -0.3 is 16.1 Å². The Hall–Kier alpha value is -1.30. The Labute approximate surface area is 89.2 Å². The van der Waals surface area contributed by atoms with Crippen molar-refractivity contribution in [3.63, 3.8) is 0 Å². The first-order chi connectivity index (χ1) is 6.67. The largest absolute Gasteiger partial charge is 0.622 e. The molecular weight excluding hydrogens is 196 g/mol. The third-order valence-corrected chi connectivity index (χ3v) is 3.29. The Morgan fingerprint density at radius 3 is 2.20 bits per heavy atom. The fraction of sp³-hybridized carbons (Fsp3) is 0.778. The fourth-order valence-electron chi connectivity index (χ4n) is 1.97. The van der Waals surface area contributed by atoms with Gasteiger partial charge in [-0.25, -0.2) is 4.90 Å². The molecule has 0 aromatic heterocycles. The molecule has 0 radical (unpaired) electrons. The molecule has 0 aromatic rings. The van der Waals surface area contributed by atoms with Gasteiger partial charge in [-0.3, -0.25) is 0 Å². The van der Waals surface area contributed by atoms with Crippen LogP contribution in [-0.4, -0.2) is 44.6 Å². The lowest BCUT2D eigenvalue weighted by Gasteiger charge is -2.32. The van der Waals surface area contributed by atoms with Gasteiger partial charge in [0.05, 0.1) is 0 Å². The third-order valence-electron chi connectivity index (χ3n) is 3.29. The van der Waals surface area contributed by atoms with E-state index < -0.39 is 11.2 Å². The standard InChI is InChI=1S/C9H18N4O2/c1-8(2)6(7(10)11-14)13(15)9(3,4)12(8)5/h14H,1-5H3,(H2,10,11). The van der Waals surface area contributed by atoms with E-state index in [-0.39, 0.29) is 11.5 Å². The molecule has 0 aliphatic carbocycles. The van der Waals surface area contributed by atoms with E-state index in [1.54, 1.807) is 13.8 Å². The summed E-state index contributed by atoms with van der Waals surface area (Å²) in [6, 6.07) is 0. The van der Waals surface area contributed by atoms with Crippen LogP contribution in [0.2, 0.25) is 0 Å². The Balaban J connectivity index is 3.40. The number of hydrogen-bond acceptors (Lipinski definition) is 4. The Morgan fingerprint density at radius 1 is 1.47 bits per heavy atom. The van der Waals surface area contributed by atoms with Gasteiger partial charge in [0.25, 0.3) is 5.71 Å². The molecule has 0 saturated carbocycles. The molecule has 0 amide bonds. The van der Waals surface area contributed by atoms with E-state index in [1.807, 2.05) is 25.8 Å². The SMILES string of the molecule is CN1C(C)(C)C(/C(N)=N/O)=[N+]([O-])C1(C)C. The lowest BCUT2D eigenvalue weighted by Crippen LogP contribution is -2.52. The van der Waals surface area contributed by atoms with Crippen LogP contribution in [0.4, 0.5) is 0 Å². The van der Waals surface area contributed by atoms with Crippen molar-refractivity contribution >= 4 is 11.5 Å². The van der Waals surface area contributed by atoms with Crippen molar-refractivity contribution in [1.82, 2.24) is 4.90 Å². The highest BCUT2D eigenvalue weighted by atomic mass is 16.5. The lowest BCUT2D eigenvalue weighted by molar-refractivity contribution is -0.555. The minimum absolute atomic E-state index is 0.132. The maximum absolute atomic E-state index is 12.0. The van der Waals surface area contributed by atoms with Crippen molar-refractivity contribution in [2.24, 2.45) is 10.9 Å². The predicted octanol–water partition coefficient (Wildman–Crippen LogP) is 0.144. The van der Waals surface area contributed by atoms with Crippen molar-refractivity contribution in [2.75, 3.05) is 7.05 Å². The molecule has 0 spiro atoms. The topological polar surface area (TPSA) is 87.9 Å². The second-order valence-electron chi connectivity index (χ2n) is 4.74. The van der Waals surface area contributed by atoms with Crippen molar-refractivity contribution in [3.8, 4) is 0 Å². The molecule has 3 N–H and O–H groups in total. The molecular formula is C9H18N4O2. The second-order valence-corrected chi connectivity index (χ2v) is 4.74. The Morgan fingerprint density at radius 2 is 1.93 bits per heavy atom. The van der Waals surface area contributed by atoms with Crippen molar-refractivity contribution in [1.29, 1.82) is 0 Å². The number of hydrogen-bond donors (Lipinski definition) is 2. The molecule has 0 saturated heterocycles. The van der Waals surface area contributed by atoms with Crippen LogP contribution in [0, 0.1) is 5.21 Å². The zero-order valence-electron chi connectivity index (χ0n) is 9.77. The predicted molar refractivity (Wildman–Crippen MR) is 58.0 cm³/mol. The zero-order chi connectivity index (χ0) is 12.0. The molecule has 86 valence electrons. The summed E-state index contributed by atoms with van der Waals surface area (Å²) in [6.45, 7) is 7.30. The van der Waals surface area contributed by atoms with Gasteiger partial charge in [0, 0.05) is 13.8 Å². The van der Waals surface area contributed by atoms with E-state index in [2.05, 4.69) is 5.16 Å². The molecule has 6 heteroatoms. The molecule has 1 rings (SSSR count). The minimum Gasteiger partial charge on any atom is -0.622 e. The van der Waals surface area contributed by atoms with Crippen molar-refractivity contribution in [3.05, 3.63) is 5.21 Å². The van der Waals surface area contributed by atoms with E-state index in [4.69, 9.17) is 10.9 Å². The van der Waals surface area contributed by atoms with E-state index in [0.717, 1.165) is 4.74 Å². The summed E-state index contributed by atoms with van der Waals surface area (Å²) in [5.41, 5.74) is 4.56. The summed E-state index contributed by atoms with van der Waals surface area (Å²) in [5, 5.41) is 23.6. The number of oxime groups is 1. The molecule has 6 nitrogen and oxygen atoms in total. The monoisotopic (exact) mass is 214 g/mol. The number of nitrogens with two attached hydrogens (primary N) is 1. The number of hydroxylamine groups is 1. The Kier molecular flexibility index (Phi) is 2.43. The average molecular weight is 214 g/mol. The second kappa shape index (κ2) is 3.10. The fourth-order valence-corrected chi connectivity index (χ4v) is 1.97. The molecule has 0 bridgehead atoms. The number of amidine groups is 1. The first-order valence-corrected chi connectivity index (χ1v) is 4.74. The van der Waals surface area contributed by atoms with Gasteiger partial charge in [0.1, 0.15) is 5.54 Å². The highest BCUT2D eigenvalue weighted by Gasteiger charge is 2.55. The Bertz CT molecular complexity index is 344. The van der Waals surface area contributed by atoms with Crippen LogP contribution in [-0.2, 0) is 0 Å². The molecule has 0 aromatic carbocycles. The van der Waals surface area contributed by atoms with Crippen LogP contribution >= 0.6 is 0 Å². The summed E-state index contributed by atoms with van der Waals surface area (Å²) < 4.78 is 0.794. The van der Waals surface area contributed by atoms with Gasteiger partial charge in [0.15, 0.2) is 0 Å². The molecule has 0 fully saturated rings. The van der Waals surface area contributed by atoms with Crippen molar-refractivity contribution < 1.29 is 9.95 Å². The summed E-state index contributed by atoms with van der Waals surface area (Å²) in [5.74, 6) is -0.132. The number of nitrogens with zero attached hydrogens (tertiary/aromatic N) is 3. The van der Waals surface area contributed by atoms with Crippen LogP contribution in [0.3, 0.4) is 0 Å². The summed E-state index contributed by atoms with van der Waals surface area (Å²) in [6.07, 6.45) is 0. The minimum atomic E-state index is -0.700. The van der Waals surface area contributed by atoms with Gasteiger partial charge in [0.2, 0.25) is 11.5 Å². The van der Waals surface area contributed by atoms with Crippen LogP contribution in [0.5, 0.6) is 0 Å². The molecule has 1 aliphatic rings. The van der Waals surface area contributed by atoms with E-state index in [1.165, 1.54) is 0 Å². The van der Waals surface area contributed by atoms with E-state index in [0.29, 0.717) is 0 Å². The van der Waals surface area contributed by atoms with Gasteiger partial charge in [-0.15, -0.1) is 0 Å².